The van der Waals surface area contributed by atoms with Crippen LogP contribution in [-0.2, 0) is 11.3 Å². The Morgan fingerprint density at radius 3 is 2.59 bits per heavy atom. The Hall–Kier alpha value is -3.34. The van der Waals surface area contributed by atoms with Gasteiger partial charge < -0.3 is 15.0 Å². The molecule has 0 unspecified atom stereocenters. The molecule has 0 bridgehead atoms. The van der Waals surface area contributed by atoms with Gasteiger partial charge in [0.15, 0.2) is 0 Å². The summed E-state index contributed by atoms with van der Waals surface area (Å²) in [6.07, 6.45) is 1.57. The van der Waals surface area contributed by atoms with Crippen LogP contribution in [0.5, 0.6) is 5.75 Å². The van der Waals surface area contributed by atoms with Crippen molar-refractivity contribution < 1.29 is 14.3 Å². The van der Waals surface area contributed by atoms with E-state index < -0.39 is 0 Å². The fraction of sp³-hybridized carbons (Fsp3) is 0.250. The highest BCUT2D eigenvalue weighted by Crippen LogP contribution is 2.24. The number of likely N-dealkylation sites (tertiary alicyclic amines) is 1. The minimum absolute atomic E-state index is 0.129. The van der Waals surface area contributed by atoms with Crippen LogP contribution in [0.3, 0.4) is 0 Å². The van der Waals surface area contributed by atoms with Crippen molar-refractivity contribution >= 4 is 22.6 Å². The lowest BCUT2D eigenvalue weighted by atomic mass is 10.1. The molecule has 5 nitrogen and oxygen atoms in total. The van der Waals surface area contributed by atoms with Crippen LogP contribution in [0.25, 0.3) is 10.8 Å². The van der Waals surface area contributed by atoms with Crippen molar-refractivity contribution in [1.82, 2.24) is 10.2 Å². The van der Waals surface area contributed by atoms with Gasteiger partial charge >= 0.3 is 0 Å². The molecule has 1 aliphatic rings. The average molecular weight is 388 g/mol. The molecule has 0 saturated carbocycles. The maximum Gasteiger partial charge on any atom is 0.251 e. The molecule has 1 saturated heterocycles. The van der Waals surface area contributed by atoms with Crippen LogP contribution in [0.1, 0.15) is 28.8 Å². The molecule has 0 aromatic heterocycles. The second-order valence-electron chi connectivity index (χ2n) is 7.20. The number of nitrogens with zero attached hydrogens (tertiary/aromatic N) is 1. The minimum atomic E-state index is -0.129. The monoisotopic (exact) mass is 388 g/mol. The van der Waals surface area contributed by atoms with Crippen LogP contribution in [0, 0.1) is 0 Å². The third-order valence-electron chi connectivity index (χ3n) is 5.16. The summed E-state index contributed by atoms with van der Waals surface area (Å²) in [7, 11) is 0. The highest BCUT2D eigenvalue weighted by Gasteiger charge is 2.19. The van der Waals surface area contributed by atoms with Gasteiger partial charge in [-0.2, -0.15) is 0 Å². The Labute approximate surface area is 170 Å². The van der Waals surface area contributed by atoms with E-state index in [-0.39, 0.29) is 11.8 Å². The maximum atomic E-state index is 12.3. The van der Waals surface area contributed by atoms with E-state index in [0.717, 1.165) is 35.1 Å². The zero-order chi connectivity index (χ0) is 20.1. The number of fused-ring (bicyclic) bond motifs is 1. The van der Waals surface area contributed by atoms with E-state index in [1.165, 1.54) is 0 Å². The number of carbonyl (C=O) groups excluding carboxylic acids is 2. The number of rotatable bonds is 7. The highest BCUT2D eigenvalue weighted by atomic mass is 16.5. The standard InChI is InChI=1S/C24H24N2O3/c27-23-9-4-15-26(23)17-18-10-12-20(13-11-18)24(28)25-14-16-29-22-8-3-6-19-5-1-2-7-21(19)22/h1-3,5-8,10-13H,4,9,14-17H2,(H,25,28). The summed E-state index contributed by atoms with van der Waals surface area (Å²) in [6.45, 7) is 2.25. The van der Waals surface area contributed by atoms with Gasteiger partial charge in [0.05, 0.1) is 6.54 Å². The highest BCUT2D eigenvalue weighted by molar-refractivity contribution is 5.94. The molecule has 1 fully saturated rings. The van der Waals surface area contributed by atoms with Crippen molar-refractivity contribution in [2.45, 2.75) is 19.4 Å². The van der Waals surface area contributed by atoms with Crippen LogP contribution in [0.2, 0.25) is 0 Å². The summed E-state index contributed by atoms with van der Waals surface area (Å²) < 4.78 is 5.86. The van der Waals surface area contributed by atoms with Crippen molar-refractivity contribution in [2.75, 3.05) is 19.7 Å². The lowest BCUT2D eigenvalue weighted by Crippen LogP contribution is -2.28. The van der Waals surface area contributed by atoms with E-state index in [1.54, 1.807) is 12.1 Å². The van der Waals surface area contributed by atoms with E-state index in [4.69, 9.17) is 4.74 Å². The summed E-state index contributed by atoms with van der Waals surface area (Å²) in [5, 5.41) is 5.08. The van der Waals surface area contributed by atoms with E-state index in [0.29, 0.717) is 31.7 Å². The number of hydrogen-bond acceptors (Lipinski definition) is 3. The average Bonchev–Trinajstić information content (AvgIpc) is 3.16. The quantitative estimate of drug-likeness (QED) is 0.627. The molecule has 0 radical (unpaired) electrons. The van der Waals surface area contributed by atoms with Crippen molar-refractivity contribution in [2.24, 2.45) is 0 Å². The molecule has 3 aromatic carbocycles. The predicted octanol–water partition coefficient (Wildman–Crippen LogP) is 3.77. The van der Waals surface area contributed by atoms with Gasteiger partial charge in [0, 0.05) is 30.5 Å². The number of nitrogens with one attached hydrogen (secondary N) is 1. The molecule has 1 N–H and O–H groups in total. The molecular weight excluding hydrogens is 364 g/mol. The summed E-state index contributed by atoms with van der Waals surface area (Å²) in [5.41, 5.74) is 1.64. The SMILES string of the molecule is O=C(NCCOc1cccc2ccccc12)c1ccc(CN2CCCC2=O)cc1. The zero-order valence-electron chi connectivity index (χ0n) is 16.3. The number of ether oxygens (including phenoxy) is 1. The van der Waals surface area contributed by atoms with E-state index in [2.05, 4.69) is 5.32 Å². The first-order valence-corrected chi connectivity index (χ1v) is 9.96. The predicted molar refractivity (Wildman–Crippen MR) is 113 cm³/mol. The molecule has 1 aliphatic heterocycles. The molecule has 2 amide bonds. The van der Waals surface area contributed by atoms with E-state index in [9.17, 15) is 9.59 Å². The summed E-state index contributed by atoms with van der Waals surface area (Å²) in [5.74, 6) is 0.895. The Morgan fingerprint density at radius 2 is 1.79 bits per heavy atom. The number of amides is 2. The molecule has 5 heteroatoms. The third kappa shape index (κ3) is 4.57. The fourth-order valence-corrected chi connectivity index (χ4v) is 3.60. The number of carbonyl (C=O) groups is 2. The van der Waals surface area contributed by atoms with Gasteiger partial charge in [-0.1, -0.05) is 48.5 Å². The lowest BCUT2D eigenvalue weighted by Gasteiger charge is -2.15. The van der Waals surface area contributed by atoms with Gasteiger partial charge in [-0.25, -0.2) is 0 Å². The van der Waals surface area contributed by atoms with Crippen LogP contribution in [0.4, 0.5) is 0 Å². The van der Waals surface area contributed by atoms with Crippen molar-refractivity contribution in [3.63, 3.8) is 0 Å². The van der Waals surface area contributed by atoms with Crippen molar-refractivity contribution in [3.8, 4) is 5.75 Å². The van der Waals surface area contributed by atoms with Gasteiger partial charge in [0.25, 0.3) is 5.91 Å². The topological polar surface area (TPSA) is 58.6 Å². The molecule has 148 valence electrons. The molecule has 3 aromatic rings. The summed E-state index contributed by atoms with van der Waals surface area (Å²) in [6, 6.07) is 21.4. The Balaban J connectivity index is 1.26. The first-order valence-electron chi connectivity index (χ1n) is 9.96. The van der Waals surface area contributed by atoms with E-state index in [1.807, 2.05) is 59.5 Å². The first-order chi connectivity index (χ1) is 14.2. The largest absolute Gasteiger partial charge is 0.491 e. The number of hydrogen-bond donors (Lipinski definition) is 1. The molecule has 0 spiro atoms. The minimum Gasteiger partial charge on any atom is -0.491 e. The van der Waals surface area contributed by atoms with E-state index >= 15 is 0 Å². The number of benzene rings is 3. The normalized spacial score (nSPS) is 13.7. The Morgan fingerprint density at radius 1 is 1.00 bits per heavy atom. The van der Waals surface area contributed by atoms with Crippen molar-refractivity contribution in [3.05, 3.63) is 77.9 Å². The molecule has 1 heterocycles. The summed E-state index contributed by atoms with van der Waals surface area (Å²) in [4.78, 5) is 25.9. The molecule has 29 heavy (non-hydrogen) atoms. The first kappa shape index (κ1) is 19.0. The van der Waals surface area contributed by atoms with Gasteiger partial charge in [-0.15, -0.1) is 0 Å². The second-order valence-corrected chi connectivity index (χ2v) is 7.20. The van der Waals surface area contributed by atoms with Gasteiger partial charge in [-0.3, -0.25) is 9.59 Å². The second kappa shape index (κ2) is 8.78. The maximum absolute atomic E-state index is 12.3. The third-order valence-corrected chi connectivity index (χ3v) is 5.16. The van der Waals surface area contributed by atoms with Crippen LogP contribution >= 0.6 is 0 Å². The fourth-order valence-electron chi connectivity index (χ4n) is 3.60. The Bertz CT molecular complexity index is 1010. The van der Waals surface area contributed by atoms with Gasteiger partial charge in [0.2, 0.25) is 5.91 Å². The molecule has 0 atom stereocenters. The molecule has 4 rings (SSSR count). The van der Waals surface area contributed by atoms with Gasteiger partial charge in [0.1, 0.15) is 12.4 Å². The summed E-state index contributed by atoms with van der Waals surface area (Å²) >= 11 is 0. The Kier molecular flexibility index (Phi) is 5.75. The smallest absolute Gasteiger partial charge is 0.251 e. The lowest BCUT2D eigenvalue weighted by molar-refractivity contribution is -0.128. The van der Waals surface area contributed by atoms with Crippen LogP contribution in [0.15, 0.2) is 66.7 Å². The van der Waals surface area contributed by atoms with Gasteiger partial charge in [-0.05, 0) is 35.6 Å². The zero-order valence-corrected chi connectivity index (χ0v) is 16.3. The van der Waals surface area contributed by atoms with Crippen LogP contribution < -0.4 is 10.1 Å². The molecular formula is C24H24N2O3. The molecule has 0 aliphatic carbocycles. The van der Waals surface area contributed by atoms with Crippen molar-refractivity contribution in [1.29, 1.82) is 0 Å². The van der Waals surface area contributed by atoms with Crippen LogP contribution in [-0.4, -0.2) is 36.4 Å².